The Balaban J connectivity index is 2.23. The lowest BCUT2D eigenvalue weighted by molar-refractivity contribution is 1.25. The van der Waals surface area contributed by atoms with Gasteiger partial charge >= 0.3 is 0 Å². The first-order valence-electron chi connectivity index (χ1n) is 4.56. The maximum absolute atomic E-state index is 8.68. The largest absolute Gasteiger partial charge is 0.316 e. The van der Waals surface area contributed by atoms with Crippen molar-refractivity contribution in [2.45, 2.75) is 5.88 Å². The second-order valence-corrected chi connectivity index (χ2v) is 4.77. The van der Waals surface area contributed by atoms with Crippen LogP contribution in [0.2, 0.25) is 5.15 Å². The van der Waals surface area contributed by atoms with Crippen LogP contribution in [0.25, 0.3) is 0 Å². The molecule has 0 aromatic carbocycles. The Morgan fingerprint density at radius 3 is 2.94 bits per heavy atom. The van der Waals surface area contributed by atoms with Crippen LogP contribution < -0.4 is 5.32 Å². The summed E-state index contributed by atoms with van der Waals surface area (Å²) in [4.78, 5) is 8.66. The van der Waals surface area contributed by atoms with Gasteiger partial charge in [0.05, 0.1) is 6.20 Å². The normalized spacial score (nSPS) is 9.94. The minimum Gasteiger partial charge on any atom is -0.316 e. The van der Waals surface area contributed by atoms with E-state index >= 15 is 0 Å². The smallest absolute Gasteiger partial charge is 0.189 e. The summed E-state index contributed by atoms with van der Waals surface area (Å²) in [6, 6.07) is 5.50. The molecule has 0 saturated carbocycles. The van der Waals surface area contributed by atoms with E-state index in [1.165, 1.54) is 17.5 Å². The number of nitrogens with one attached hydrogen (secondary N) is 1. The van der Waals surface area contributed by atoms with Gasteiger partial charge in [0, 0.05) is 5.88 Å². The molecule has 0 atom stereocenters. The summed E-state index contributed by atoms with van der Waals surface area (Å²) in [5, 5.41) is 12.6. The van der Waals surface area contributed by atoms with Gasteiger partial charge in [0.1, 0.15) is 21.9 Å². The summed E-state index contributed by atoms with van der Waals surface area (Å²) in [6.07, 6.45) is 1.50. The van der Waals surface area contributed by atoms with E-state index in [0.29, 0.717) is 26.9 Å². The summed E-state index contributed by atoms with van der Waals surface area (Å²) in [7, 11) is 0. The van der Waals surface area contributed by atoms with E-state index in [-0.39, 0.29) is 0 Å². The van der Waals surface area contributed by atoms with Gasteiger partial charge in [-0.15, -0.1) is 11.6 Å². The highest BCUT2D eigenvalue weighted by molar-refractivity contribution is 7.16. The lowest BCUT2D eigenvalue weighted by atomic mass is 10.3. The van der Waals surface area contributed by atoms with E-state index in [9.17, 15) is 0 Å². The molecule has 17 heavy (non-hydrogen) atoms. The molecule has 2 heterocycles. The van der Waals surface area contributed by atoms with Gasteiger partial charge in [-0.25, -0.2) is 9.97 Å². The molecule has 1 N–H and O–H groups in total. The third-order valence-corrected chi connectivity index (χ3v) is 3.18. The number of rotatable bonds is 3. The van der Waals surface area contributed by atoms with Crippen LogP contribution in [0.1, 0.15) is 10.4 Å². The zero-order valence-corrected chi connectivity index (χ0v) is 10.8. The standard InChI is InChI=1S/C10H6Cl2N4S/c11-3-6-1-8(12)15-9(2-6)16-10-14-5-7(4-13)17-10/h1-2,5H,3H2,(H,14,15,16). The highest BCUT2D eigenvalue weighted by Gasteiger charge is 2.04. The highest BCUT2D eigenvalue weighted by Crippen LogP contribution is 2.23. The van der Waals surface area contributed by atoms with Crippen molar-refractivity contribution < 1.29 is 0 Å². The molecule has 0 fully saturated rings. The fourth-order valence-electron chi connectivity index (χ4n) is 1.18. The van der Waals surface area contributed by atoms with Crippen molar-refractivity contribution in [1.29, 1.82) is 5.26 Å². The Bertz CT molecular complexity index is 576. The molecule has 7 heteroatoms. The number of halogens is 2. The Labute approximate surface area is 112 Å². The lowest BCUT2D eigenvalue weighted by Gasteiger charge is -2.04. The SMILES string of the molecule is N#Cc1cnc(Nc2cc(CCl)cc(Cl)n2)s1. The van der Waals surface area contributed by atoms with Gasteiger partial charge < -0.3 is 5.32 Å². The van der Waals surface area contributed by atoms with Crippen LogP contribution in [0.15, 0.2) is 18.3 Å². The average molecular weight is 285 g/mol. The molecular formula is C10H6Cl2N4S. The molecule has 0 spiro atoms. The minimum absolute atomic E-state index is 0.359. The number of hydrogen-bond acceptors (Lipinski definition) is 5. The molecule has 86 valence electrons. The molecule has 0 aliphatic heterocycles. The van der Waals surface area contributed by atoms with Crippen LogP contribution in [-0.4, -0.2) is 9.97 Å². The molecule has 2 aromatic rings. The Hall–Kier alpha value is -1.35. The van der Waals surface area contributed by atoms with Crippen molar-refractivity contribution in [2.75, 3.05) is 5.32 Å². The molecule has 0 aliphatic carbocycles. The van der Waals surface area contributed by atoms with Crippen molar-refractivity contribution in [3.05, 3.63) is 33.9 Å². The summed E-state index contributed by atoms with van der Waals surface area (Å²) in [6.45, 7) is 0. The average Bonchev–Trinajstić information content (AvgIpc) is 2.76. The van der Waals surface area contributed by atoms with Crippen LogP contribution in [0, 0.1) is 11.3 Å². The second kappa shape index (κ2) is 5.32. The Kier molecular flexibility index (Phi) is 3.79. The van der Waals surface area contributed by atoms with Gasteiger partial charge in [0.25, 0.3) is 0 Å². The molecule has 0 amide bonds. The van der Waals surface area contributed by atoms with Crippen LogP contribution in [0.4, 0.5) is 10.9 Å². The number of nitrogens with zero attached hydrogens (tertiary/aromatic N) is 3. The molecule has 0 bridgehead atoms. The number of pyridine rings is 1. The van der Waals surface area contributed by atoms with Crippen molar-refractivity contribution in [2.24, 2.45) is 0 Å². The minimum atomic E-state index is 0.359. The lowest BCUT2D eigenvalue weighted by Crippen LogP contribution is -1.94. The quantitative estimate of drug-likeness (QED) is 0.692. The van der Waals surface area contributed by atoms with E-state index in [4.69, 9.17) is 28.5 Å². The van der Waals surface area contributed by atoms with Gasteiger partial charge in [-0.3, -0.25) is 0 Å². The summed E-state index contributed by atoms with van der Waals surface area (Å²) >= 11 is 12.8. The number of thiazole rings is 1. The third kappa shape index (κ3) is 3.07. The van der Waals surface area contributed by atoms with Crippen LogP contribution in [0.5, 0.6) is 0 Å². The second-order valence-electron chi connectivity index (χ2n) is 3.08. The van der Waals surface area contributed by atoms with Crippen LogP contribution in [0.3, 0.4) is 0 Å². The zero-order chi connectivity index (χ0) is 12.3. The van der Waals surface area contributed by atoms with Crippen LogP contribution >= 0.6 is 34.5 Å². The van der Waals surface area contributed by atoms with Gasteiger partial charge in [0.15, 0.2) is 5.13 Å². The highest BCUT2D eigenvalue weighted by atomic mass is 35.5. The summed E-state index contributed by atoms with van der Waals surface area (Å²) in [5.41, 5.74) is 0.867. The number of nitriles is 1. The zero-order valence-electron chi connectivity index (χ0n) is 8.44. The van der Waals surface area contributed by atoms with E-state index in [1.807, 2.05) is 6.07 Å². The molecule has 2 aromatic heterocycles. The van der Waals surface area contributed by atoms with Crippen molar-refractivity contribution >= 4 is 45.5 Å². The summed E-state index contributed by atoms with van der Waals surface area (Å²) in [5.74, 6) is 0.921. The Morgan fingerprint density at radius 2 is 2.29 bits per heavy atom. The fraction of sp³-hybridized carbons (Fsp3) is 0.100. The van der Waals surface area contributed by atoms with E-state index in [1.54, 1.807) is 12.1 Å². The maximum Gasteiger partial charge on any atom is 0.189 e. The van der Waals surface area contributed by atoms with E-state index in [0.717, 1.165) is 5.56 Å². The van der Waals surface area contributed by atoms with E-state index in [2.05, 4.69) is 15.3 Å². The van der Waals surface area contributed by atoms with Gasteiger partial charge in [-0.1, -0.05) is 22.9 Å². The van der Waals surface area contributed by atoms with Crippen molar-refractivity contribution in [1.82, 2.24) is 9.97 Å². The molecule has 0 radical (unpaired) electrons. The molecule has 4 nitrogen and oxygen atoms in total. The first kappa shape index (κ1) is 12.1. The topological polar surface area (TPSA) is 61.6 Å². The maximum atomic E-state index is 8.68. The van der Waals surface area contributed by atoms with Gasteiger partial charge in [0.2, 0.25) is 0 Å². The molecule has 0 aliphatic rings. The fourth-order valence-corrected chi connectivity index (χ4v) is 2.19. The van der Waals surface area contributed by atoms with Crippen molar-refractivity contribution in [3.63, 3.8) is 0 Å². The van der Waals surface area contributed by atoms with E-state index < -0.39 is 0 Å². The number of hydrogen-bond donors (Lipinski definition) is 1. The number of anilines is 2. The van der Waals surface area contributed by atoms with Crippen molar-refractivity contribution in [3.8, 4) is 6.07 Å². The first-order chi connectivity index (χ1) is 8.21. The number of alkyl halides is 1. The molecule has 0 unspecified atom stereocenters. The van der Waals surface area contributed by atoms with Gasteiger partial charge in [-0.2, -0.15) is 5.26 Å². The molecular weight excluding hydrogens is 279 g/mol. The Morgan fingerprint density at radius 1 is 1.47 bits per heavy atom. The van der Waals surface area contributed by atoms with Crippen LogP contribution in [-0.2, 0) is 5.88 Å². The predicted octanol–water partition coefficient (Wildman–Crippen LogP) is 3.55. The predicted molar refractivity (Wildman–Crippen MR) is 68.9 cm³/mol. The molecule has 2 rings (SSSR count). The van der Waals surface area contributed by atoms with Gasteiger partial charge in [-0.05, 0) is 17.7 Å². The number of aromatic nitrogens is 2. The summed E-state index contributed by atoms with van der Waals surface area (Å²) < 4.78 is 0. The first-order valence-corrected chi connectivity index (χ1v) is 6.29. The third-order valence-electron chi connectivity index (χ3n) is 1.86. The molecule has 0 saturated heterocycles. The monoisotopic (exact) mass is 284 g/mol.